The van der Waals surface area contributed by atoms with Crippen LogP contribution in [0.15, 0.2) is 30.3 Å². The van der Waals surface area contributed by atoms with Crippen molar-refractivity contribution in [2.45, 2.75) is 32.6 Å². The molecule has 3 rings (SSSR count). The Labute approximate surface area is 158 Å². The standard InChI is InChI=1S/C19H25N5O3/c1-22(2)19(27)20-11-16-10-17-13-23(8-3-9-24(17)21-16)12-14-4-6-15(7-5-14)18(25)26/h4-7,10H,3,8-9,11-13H2,1-2H3,(H,20,27)(H,25,26). The van der Waals surface area contributed by atoms with Gasteiger partial charge in [0.05, 0.1) is 23.5 Å². The molecule has 2 amide bonds. The zero-order valence-electron chi connectivity index (χ0n) is 15.7. The number of urea groups is 1. The van der Waals surface area contributed by atoms with E-state index in [-0.39, 0.29) is 6.03 Å². The number of carboxylic acid groups (broad SMARTS) is 1. The highest BCUT2D eigenvalue weighted by molar-refractivity contribution is 5.87. The van der Waals surface area contributed by atoms with E-state index < -0.39 is 5.97 Å². The number of aryl methyl sites for hydroxylation is 1. The van der Waals surface area contributed by atoms with Crippen molar-refractivity contribution in [2.75, 3.05) is 20.6 Å². The summed E-state index contributed by atoms with van der Waals surface area (Å²) < 4.78 is 2.02. The minimum Gasteiger partial charge on any atom is -0.478 e. The van der Waals surface area contributed by atoms with Gasteiger partial charge in [0.15, 0.2) is 0 Å². The largest absolute Gasteiger partial charge is 0.478 e. The molecular formula is C19H25N5O3. The highest BCUT2D eigenvalue weighted by Crippen LogP contribution is 2.17. The quantitative estimate of drug-likeness (QED) is 0.836. The molecule has 0 radical (unpaired) electrons. The van der Waals surface area contributed by atoms with Crippen molar-refractivity contribution >= 4 is 12.0 Å². The summed E-state index contributed by atoms with van der Waals surface area (Å²) in [4.78, 5) is 26.5. The Hall–Kier alpha value is -2.87. The lowest BCUT2D eigenvalue weighted by Crippen LogP contribution is -2.34. The zero-order valence-corrected chi connectivity index (χ0v) is 15.7. The van der Waals surface area contributed by atoms with Gasteiger partial charge in [-0.05, 0) is 30.2 Å². The number of amides is 2. The fourth-order valence-electron chi connectivity index (χ4n) is 3.14. The van der Waals surface area contributed by atoms with Crippen LogP contribution in [-0.2, 0) is 26.2 Å². The molecule has 0 aliphatic carbocycles. The van der Waals surface area contributed by atoms with Crippen LogP contribution in [-0.4, -0.2) is 57.3 Å². The predicted octanol–water partition coefficient (Wildman–Crippen LogP) is 1.76. The molecule has 0 unspecified atom stereocenters. The van der Waals surface area contributed by atoms with Crippen molar-refractivity contribution in [3.8, 4) is 0 Å². The summed E-state index contributed by atoms with van der Waals surface area (Å²) in [5.74, 6) is -0.908. The van der Waals surface area contributed by atoms with E-state index in [2.05, 4.69) is 15.3 Å². The zero-order chi connectivity index (χ0) is 19.4. The molecule has 27 heavy (non-hydrogen) atoms. The van der Waals surface area contributed by atoms with E-state index in [1.54, 1.807) is 26.2 Å². The van der Waals surface area contributed by atoms with Gasteiger partial charge < -0.3 is 15.3 Å². The first-order valence-electron chi connectivity index (χ1n) is 8.97. The second kappa shape index (κ2) is 8.22. The van der Waals surface area contributed by atoms with Crippen LogP contribution in [0.4, 0.5) is 4.79 Å². The Kier molecular flexibility index (Phi) is 5.75. The maximum atomic E-state index is 11.7. The van der Waals surface area contributed by atoms with E-state index in [1.807, 2.05) is 22.9 Å². The number of hydrogen-bond acceptors (Lipinski definition) is 4. The molecule has 0 fully saturated rings. The molecule has 0 bridgehead atoms. The number of hydrogen-bond donors (Lipinski definition) is 2. The highest BCUT2D eigenvalue weighted by atomic mass is 16.4. The summed E-state index contributed by atoms with van der Waals surface area (Å²) in [6.45, 7) is 3.75. The summed E-state index contributed by atoms with van der Waals surface area (Å²) in [5.41, 5.74) is 3.38. The van der Waals surface area contributed by atoms with Gasteiger partial charge in [-0.3, -0.25) is 9.58 Å². The molecule has 8 nitrogen and oxygen atoms in total. The summed E-state index contributed by atoms with van der Waals surface area (Å²) >= 11 is 0. The highest BCUT2D eigenvalue weighted by Gasteiger charge is 2.17. The number of nitrogens with zero attached hydrogens (tertiary/aromatic N) is 4. The van der Waals surface area contributed by atoms with E-state index in [1.165, 1.54) is 4.90 Å². The third-order valence-electron chi connectivity index (χ3n) is 4.58. The molecule has 8 heteroatoms. The maximum Gasteiger partial charge on any atom is 0.335 e. The molecule has 1 aliphatic rings. The first-order chi connectivity index (χ1) is 12.9. The lowest BCUT2D eigenvalue weighted by molar-refractivity contribution is 0.0697. The molecule has 1 aromatic heterocycles. The molecule has 0 atom stereocenters. The minimum atomic E-state index is -0.908. The molecule has 0 saturated heterocycles. The van der Waals surface area contributed by atoms with Gasteiger partial charge in [-0.2, -0.15) is 5.10 Å². The number of fused-ring (bicyclic) bond motifs is 1. The SMILES string of the molecule is CN(C)C(=O)NCc1cc2n(n1)CCCN(Cc1ccc(C(=O)O)cc1)C2. The van der Waals surface area contributed by atoms with E-state index in [0.29, 0.717) is 12.1 Å². The number of benzene rings is 1. The van der Waals surface area contributed by atoms with Gasteiger partial charge in [0, 0.05) is 40.3 Å². The fourth-order valence-corrected chi connectivity index (χ4v) is 3.14. The van der Waals surface area contributed by atoms with Crippen LogP contribution in [0.25, 0.3) is 0 Å². The normalized spacial score (nSPS) is 14.3. The number of rotatable bonds is 5. The summed E-state index contributed by atoms with van der Waals surface area (Å²) in [7, 11) is 3.41. The Bertz CT molecular complexity index is 813. The summed E-state index contributed by atoms with van der Waals surface area (Å²) in [6, 6.07) is 8.93. The van der Waals surface area contributed by atoms with Gasteiger partial charge >= 0.3 is 12.0 Å². The van der Waals surface area contributed by atoms with Gasteiger partial charge in [0.25, 0.3) is 0 Å². The van der Waals surface area contributed by atoms with Crippen molar-refractivity contribution in [1.29, 1.82) is 0 Å². The monoisotopic (exact) mass is 371 g/mol. The third-order valence-corrected chi connectivity index (χ3v) is 4.58. The van der Waals surface area contributed by atoms with Crippen molar-refractivity contribution < 1.29 is 14.7 Å². The molecule has 2 aromatic rings. The summed E-state index contributed by atoms with van der Waals surface area (Å²) in [5, 5.41) is 16.4. The van der Waals surface area contributed by atoms with E-state index in [4.69, 9.17) is 5.11 Å². The van der Waals surface area contributed by atoms with Gasteiger partial charge in [-0.25, -0.2) is 9.59 Å². The Balaban J connectivity index is 1.63. The van der Waals surface area contributed by atoms with Gasteiger partial charge in [-0.15, -0.1) is 0 Å². The first-order valence-corrected chi connectivity index (χ1v) is 8.97. The fraction of sp³-hybridized carbons (Fsp3) is 0.421. The van der Waals surface area contributed by atoms with Crippen molar-refractivity contribution in [2.24, 2.45) is 0 Å². The predicted molar refractivity (Wildman–Crippen MR) is 100 cm³/mol. The van der Waals surface area contributed by atoms with Crippen molar-refractivity contribution in [3.05, 3.63) is 52.8 Å². The van der Waals surface area contributed by atoms with Crippen LogP contribution in [0.2, 0.25) is 0 Å². The van der Waals surface area contributed by atoms with Gasteiger partial charge in [0.1, 0.15) is 0 Å². The molecule has 1 aliphatic heterocycles. The third kappa shape index (κ3) is 4.85. The number of aromatic nitrogens is 2. The van der Waals surface area contributed by atoms with Crippen molar-refractivity contribution in [1.82, 2.24) is 24.9 Å². The molecule has 0 spiro atoms. The maximum absolute atomic E-state index is 11.7. The molecular weight excluding hydrogens is 346 g/mol. The van der Waals surface area contributed by atoms with Crippen LogP contribution in [0.3, 0.4) is 0 Å². The second-order valence-corrected chi connectivity index (χ2v) is 6.97. The van der Waals surface area contributed by atoms with Crippen LogP contribution in [0.1, 0.15) is 33.7 Å². The Morgan fingerprint density at radius 3 is 2.63 bits per heavy atom. The lowest BCUT2D eigenvalue weighted by atomic mass is 10.1. The number of carboxylic acids is 1. The minimum absolute atomic E-state index is 0.135. The average Bonchev–Trinajstić information content (AvgIpc) is 2.92. The molecule has 0 saturated carbocycles. The molecule has 2 heterocycles. The Morgan fingerprint density at radius 1 is 1.22 bits per heavy atom. The van der Waals surface area contributed by atoms with Crippen LogP contribution < -0.4 is 5.32 Å². The molecule has 1 aromatic carbocycles. The van der Waals surface area contributed by atoms with E-state index in [9.17, 15) is 9.59 Å². The van der Waals surface area contributed by atoms with Crippen LogP contribution in [0, 0.1) is 0 Å². The number of carbonyl (C=O) groups is 2. The van der Waals surface area contributed by atoms with Gasteiger partial charge in [0.2, 0.25) is 0 Å². The second-order valence-electron chi connectivity index (χ2n) is 6.97. The van der Waals surface area contributed by atoms with E-state index in [0.717, 1.165) is 49.6 Å². The van der Waals surface area contributed by atoms with Gasteiger partial charge in [-0.1, -0.05) is 12.1 Å². The van der Waals surface area contributed by atoms with Crippen LogP contribution in [0.5, 0.6) is 0 Å². The average molecular weight is 371 g/mol. The topological polar surface area (TPSA) is 90.7 Å². The summed E-state index contributed by atoms with van der Waals surface area (Å²) in [6.07, 6.45) is 0.991. The molecule has 2 N–H and O–H groups in total. The Morgan fingerprint density at radius 2 is 1.96 bits per heavy atom. The van der Waals surface area contributed by atoms with Crippen molar-refractivity contribution in [3.63, 3.8) is 0 Å². The number of nitrogens with one attached hydrogen (secondary N) is 1. The van der Waals surface area contributed by atoms with E-state index >= 15 is 0 Å². The number of carbonyl (C=O) groups excluding carboxylic acids is 1. The van der Waals surface area contributed by atoms with Crippen LogP contribution >= 0.6 is 0 Å². The molecule has 144 valence electrons. The first kappa shape index (κ1) is 18.9. The number of aromatic carboxylic acids is 1. The lowest BCUT2D eigenvalue weighted by Gasteiger charge is -2.19. The smallest absolute Gasteiger partial charge is 0.335 e.